The highest BCUT2D eigenvalue weighted by atomic mass is 15.3. The average molecular weight is 321 g/mol. The number of aromatic nitrogens is 4. The fourth-order valence-electron chi connectivity index (χ4n) is 3.55. The molecule has 4 rings (SSSR count). The van der Waals surface area contributed by atoms with Crippen LogP contribution >= 0.6 is 0 Å². The molecule has 3 aromatic rings. The van der Waals surface area contributed by atoms with Gasteiger partial charge in [-0.15, -0.1) is 0 Å². The highest BCUT2D eigenvalue weighted by Crippen LogP contribution is 2.28. The Bertz CT molecular complexity index is 746. The number of hydrogen-bond acceptors (Lipinski definition) is 3. The molecule has 3 heterocycles. The summed E-state index contributed by atoms with van der Waals surface area (Å²) >= 11 is 0. The number of hydrogen-bond donors (Lipinski definition) is 0. The van der Waals surface area contributed by atoms with Crippen molar-refractivity contribution in [3.8, 4) is 5.69 Å². The third kappa shape index (κ3) is 3.12. The predicted molar refractivity (Wildman–Crippen MR) is 93.9 cm³/mol. The molecule has 0 amide bonds. The quantitative estimate of drug-likeness (QED) is 0.741. The van der Waals surface area contributed by atoms with Crippen LogP contribution in [-0.2, 0) is 6.54 Å². The zero-order chi connectivity index (χ0) is 16.4. The van der Waals surface area contributed by atoms with Gasteiger partial charge in [-0.25, -0.2) is 9.67 Å². The molecule has 124 valence electrons. The Morgan fingerprint density at radius 1 is 1.12 bits per heavy atom. The van der Waals surface area contributed by atoms with E-state index in [1.165, 1.54) is 12.0 Å². The summed E-state index contributed by atoms with van der Waals surface area (Å²) in [5, 5.41) is 4.28. The van der Waals surface area contributed by atoms with Gasteiger partial charge in [-0.3, -0.25) is 4.90 Å². The molecule has 5 heteroatoms. The lowest BCUT2D eigenvalue weighted by molar-refractivity contribution is 0.126. The van der Waals surface area contributed by atoms with Crippen LogP contribution in [0.25, 0.3) is 5.69 Å². The van der Waals surface area contributed by atoms with E-state index in [1.54, 1.807) is 6.20 Å². The van der Waals surface area contributed by atoms with Crippen molar-refractivity contribution in [2.45, 2.75) is 25.9 Å². The van der Waals surface area contributed by atoms with Crippen LogP contribution in [0, 0.1) is 5.92 Å². The minimum atomic E-state index is 0.518. The van der Waals surface area contributed by atoms with E-state index in [9.17, 15) is 0 Å². The topological polar surface area (TPSA) is 38.9 Å². The second-order valence-corrected chi connectivity index (χ2v) is 6.70. The Morgan fingerprint density at radius 2 is 2.00 bits per heavy atom. The number of likely N-dealkylation sites (tertiary alicyclic amines) is 1. The molecule has 2 unspecified atom stereocenters. The Labute approximate surface area is 142 Å². The lowest BCUT2D eigenvalue weighted by Crippen LogP contribution is -2.40. The van der Waals surface area contributed by atoms with Gasteiger partial charge in [0.2, 0.25) is 0 Å². The van der Waals surface area contributed by atoms with Crippen molar-refractivity contribution in [2.75, 3.05) is 13.1 Å². The summed E-state index contributed by atoms with van der Waals surface area (Å²) in [5.41, 5.74) is 2.46. The SMILES string of the molecule is CC1CCN(Cc2ccc(-n3cccn3)cc2)CC1n1ccnc1. The Morgan fingerprint density at radius 3 is 2.71 bits per heavy atom. The lowest BCUT2D eigenvalue weighted by atomic mass is 9.93. The fourth-order valence-corrected chi connectivity index (χ4v) is 3.55. The fraction of sp³-hybridized carbons (Fsp3) is 0.368. The van der Waals surface area contributed by atoms with Crippen LogP contribution in [0.15, 0.2) is 61.4 Å². The standard InChI is InChI=1S/C19H23N5/c1-16-7-11-22(14-19(16)23-12-9-20-15-23)13-17-3-5-18(6-4-17)24-10-2-8-21-24/h2-6,8-10,12,15-16,19H,7,11,13-14H2,1H3. The molecular weight excluding hydrogens is 298 g/mol. The molecule has 0 aliphatic carbocycles. The summed E-state index contributed by atoms with van der Waals surface area (Å²) in [5.74, 6) is 0.692. The van der Waals surface area contributed by atoms with Crippen LogP contribution in [0.5, 0.6) is 0 Å². The molecular formula is C19H23N5. The molecule has 2 atom stereocenters. The first-order chi connectivity index (χ1) is 11.8. The highest BCUT2D eigenvalue weighted by molar-refractivity contribution is 5.33. The number of piperidine rings is 1. The molecule has 0 spiro atoms. The molecule has 2 aromatic heterocycles. The number of nitrogens with zero attached hydrogens (tertiary/aromatic N) is 5. The summed E-state index contributed by atoms with van der Waals surface area (Å²) in [6.07, 6.45) is 10.9. The molecule has 24 heavy (non-hydrogen) atoms. The highest BCUT2D eigenvalue weighted by Gasteiger charge is 2.27. The van der Waals surface area contributed by atoms with Crippen molar-refractivity contribution in [2.24, 2.45) is 5.92 Å². The number of benzene rings is 1. The first kappa shape index (κ1) is 15.1. The zero-order valence-electron chi connectivity index (χ0n) is 14.0. The van der Waals surface area contributed by atoms with E-state index < -0.39 is 0 Å². The first-order valence-corrected chi connectivity index (χ1v) is 8.58. The Hall–Kier alpha value is -2.40. The van der Waals surface area contributed by atoms with E-state index in [0.29, 0.717) is 12.0 Å². The van der Waals surface area contributed by atoms with Crippen molar-refractivity contribution in [1.29, 1.82) is 0 Å². The lowest BCUT2D eigenvalue weighted by Gasteiger charge is -2.37. The van der Waals surface area contributed by atoms with Gasteiger partial charge in [0, 0.05) is 43.9 Å². The smallest absolute Gasteiger partial charge is 0.0949 e. The normalized spacial score (nSPS) is 21.9. The molecule has 1 fully saturated rings. The van der Waals surface area contributed by atoms with Gasteiger partial charge in [0.05, 0.1) is 12.0 Å². The van der Waals surface area contributed by atoms with Crippen LogP contribution in [0.4, 0.5) is 0 Å². The third-order valence-electron chi connectivity index (χ3n) is 5.02. The average Bonchev–Trinajstić information content (AvgIpc) is 3.31. The van der Waals surface area contributed by atoms with Gasteiger partial charge in [0.15, 0.2) is 0 Å². The molecule has 1 saturated heterocycles. The summed E-state index contributed by atoms with van der Waals surface area (Å²) in [6.45, 7) is 5.59. The first-order valence-electron chi connectivity index (χ1n) is 8.58. The van der Waals surface area contributed by atoms with Crippen LogP contribution in [0.1, 0.15) is 24.9 Å². The second-order valence-electron chi connectivity index (χ2n) is 6.70. The molecule has 0 radical (unpaired) electrons. The maximum Gasteiger partial charge on any atom is 0.0949 e. The summed E-state index contributed by atoms with van der Waals surface area (Å²) < 4.78 is 4.15. The number of rotatable bonds is 4. The van der Waals surface area contributed by atoms with Crippen molar-refractivity contribution in [3.05, 3.63) is 67.0 Å². The molecule has 0 N–H and O–H groups in total. The number of imidazole rings is 1. The van der Waals surface area contributed by atoms with Gasteiger partial charge in [0.25, 0.3) is 0 Å². The van der Waals surface area contributed by atoms with Crippen molar-refractivity contribution < 1.29 is 0 Å². The van der Waals surface area contributed by atoms with E-state index in [-0.39, 0.29) is 0 Å². The van der Waals surface area contributed by atoms with Crippen molar-refractivity contribution >= 4 is 0 Å². The van der Waals surface area contributed by atoms with Gasteiger partial charge >= 0.3 is 0 Å². The molecule has 1 aliphatic rings. The minimum Gasteiger partial charge on any atom is -0.333 e. The van der Waals surface area contributed by atoms with Crippen molar-refractivity contribution in [3.63, 3.8) is 0 Å². The summed E-state index contributed by atoms with van der Waals surface area (Å²) in [6, 6.07) is 11.2. The monoisotopic (exact) mass is 321 g/mol. The Balaban J connectivity index is 1.43. The maximum absolute atomic E-state index is 4.28. The molecule has 0 bridgehead atoms. The van der Waals surface area contributed by atoms with Crippen LogP contribution < -0.4 is 0 Å². The molecule has 5 nitrogen and oxygen atoms in total. The van der Waals surface area contributed by atoms with Gasteiger partial charge in [-0.1, -0.05) is 19.1 Å². The van der Waals surface area contributed by atoms with Crippen LogP contribution in [-0.4, -0.2) is 37.3 Å². The molecule has 0 saturated carbocycles. The van der Waals surface area contributed by atoms with Crippen LogP contribution in [0.3, 0.4) is 0 Å². The minimum absolute atomic E-state index is 0.518. The largest absolute Gasteiger partial charge is 0.333 e. The van der Waals surface area contributed by atoms with Crippen molar-refractivity contribution in [1.82, 2.24) is 24.2 Å². The second kappa shape index (κ2) is 6.61. The van der Waals surface area contributed by atoms with E-state index in [1.807, 2.05) is 29.5 Å². The summed E-state index contributed by atoms with van der Waals surface area (Å²) in [4.78, 5) is 6.76. The van der Waals surface area contributed by atoms with Gasteiger partial charge in [-0.2, -0.15) is 5.10 Å². The van der Waals surface area contributed by atoms with Gasteiger partial charge < -0.3 is 4.57 Å². The zero-order valence-corrected chi connectivity index (χ0v) is 14.0. The van der Waals surface area contributed by atoms with E-state index in [0.717, 1.165) is 25.3 Å². The van der Waals surface area contributed by atoms with E-state index in [4.69, 9.17) is 0 Å². The van der Waals surface area contributed by atoms with E-state index in [2.05, 4.69) is 56.9 Å². The van der Waals surface area contributed by atoms with Crippen LogP contribution in [0.2, 0.25) is 0 Å². The summed E-state index contributed by atoms with van der Waals surface area (Å²) in [7, 11) is 0. The molecule has 1 aliphatic heterocycles. The Kier molecular flexibility index (Phi) is 4.17. The van der Waals surface area contributed by atoms with E-state index >= 15 is 0 Å². The molecule has 1 aromatic carbocycles. The maximum atomic E-state index is 4.28. The van der Waals surface area contributed by atoms with Gasteiger partial charge in [0.1, 0.15) is 0 Å². The predicted octanol–water partition coefficient (Wildman–Crippen LogP) is 3.15. The van der Waals surface area contributed by atoms with Gasteiger partial charge in [-0.05, 0) is 42.6 Å². The third-order valence-corrected chi connectivity index (χ3v) is 5.02.